The van der Waals surface area contributed by atoms with Gasteiger partial charge >= 0.3 is 31.5 Å². The van der Waals surface area contributed by atoms with Crippen LogP contribution in [0.5, 0.6) is 0 Å². The molecule has 0 aromatic heterocycles. The van der Waals surface area contributed by atoms with Crippen LogP contribution in [0.3, 0.4) is 0 Å². The van der Waals surface area contributed by atoms with Crippen molar-refractivity contribution in [2.45, 2.75) is 0 Å². The predicted octanol–water partition coefficient (Wildman–Crippen LogP) is -0.437. The van der Waals surface area contributed by atoms with E-state index in [4.69, 9.17) is 9.90 Å². The van der Waals surface area contributed by atoms with Gasteiger partial charge in [-0.2, -0.15) is 0 Å². The summed E-state index contributed by atoms with van der Waals surface area (Å²) >= 11 is 1.08. The number of carboxylic acid groups (broad SMARTS) is 1. The van der Waals surface area contributed by atoms with E-state index in [1.165, 1.54) is 0 Å². The Kier molecular flexibility index (Phi) is 8.62. The van der Waals surface area contributed by atoms with Crippen molar-refractivity contribution in [3.8, 4) is 0 Å². The van der Waals surface area contributed by atoms with E-state index in [0.29, 0.717) is 0 Å². The van der Waals surface area contributed by atoms with E-state index in [1.54, 1.807) is 0 Å². The number of rotatable bonds is 0. The van der Waals surface area contributed by atoms with Crippen molar-refractivity contribution in [2.75, 3.05) is 0 Å². The molecule has 0 saturated heterocycles. The van der Waals surface area contributed by atoms with Gasteiger partial charge < -0.3 is 0 Å². The second-order valence-electron chi connectivity index (χ2n) is 0.305. The smallest absolute Gasteiger partial charge is 0 e. The van der Waals surface area contributed by atoms with E-state index in [9.17, 15) is 0 Å². The fraction of sp³-hybridized carbons (Fsp3) is 0. The summed E-state index contributed by atoms with van der Waals surface area (Å²) in [5.74, 6) is 0. The summed E-state index contributed by atoms with van der Waals surface area (Å²) in [7, 11) is 0. The molecule has 33 valence electrons. The zero-order valence-corrected chi connectivity index (χ0v) is 5.82. The van der Waals surface area contributed by atoms with Gasteiger partial charge in [0.2, 0.25) is 0 Å². The van der Waals surface area contributed by atoms with Gasteiger partial charge in [0.05, 0.1) is 0 Å². The Morgan fingerprint density at radius 3 is 1.80 bits per heavy atom. The van der Waals surface area contributed by atoms with Gasteiger partial charge in [0.15, 0.2) is 0 Å². The third kappa shape index (κ3) is 71.2. The van der Waals surface area contributed by atoms with Crippen LogP contribution in [-0.4, -0.2) is 26.7 Å². The van der Waals surface area contributed by atoms with Crippen molar-refractivity contribution < 1.29 is 30.3 Å². The van der Waals surface area contributed by atoms with E-state index in [1.807, 2.05) is 0 Å². The molecule has 5 heavy (non-hydrogen) atoms. The molecule has 0 heterocycles. The van der Waals surface area contributed by atoms with E-state index in [2.05, 4.69) is 0 Å². The van der Waals surface area contributed by atoms with E-state index in [-0.39, 0.29) is 20.4 Å². The zero-order valence-electron chi connectivity index (χ0n) is 2.17. The predicted molar refractivity (Wildman–Crippen MR) is 15.2 cm³/mol. The van der Waals surface area contributed by atoms with E-state index >= 15 is 0 Å². The van der Waals surface area contributed by atoms with Gasteiger partial charge in [-0.25, -0.2) is 0 Å². The fourth-order valence-corrected chi connectivity index (χ4v) is 0. The Bertz CT molecular complexity index is 32.6. The molecule has 0 saturated carbocycles. The second-order valence-corrected chi connectivity index (χ2v) is 1.20. The minimum Gasteiger partial charge on any atom is 0 e. The van der Waals surface area contributed by atoms with Gasteiger partial charge in [0.25, 0.3) is 0 Å². The van der Waals surface area contributed by atoms with Crippen molar-refractivity contribution >= 4 is 21.6 Å². The minimum absolute atomic E-state index is 0. The molecule has 0 aliphatic rings. The molecular weight excluding hydrogens is 225 g/mol. The summed E-state index contributed by atoms with van der Waals surface area (Å²) < 4.78 is -0.833. The van der Waals surface area contributed by atoms with Crippen molar-refractivity contribution in [3.63, 3.8) is 0 Å². The molecule has 0 aromatic carbocycles. The Labute approximate surface area is 52.1 Å². The molecule has 0 aliphatic heterocycles. The van der Waals surface area contributed by atoms with Crippen LogP contribution in [0, 0.1) is 0 Å². The Morgan fingerprint density at radius 1 is 1.80 bits per heavy atom. The average Bonchev–Trinajstić information content (AvgIpc) is 0.811. The number of carbonyl (C=O) groups is 1. The Hall–Kier alpha value is 0.691. The summed E-state index contributed by atoms with van der Waals surface area (Å²) in [5, 5.41) is 7.42. The molecule has 4 heteroatoms. The van der Waals surface area contributed by atoms with Crippen LogP contribution in [0.1, 0.15) is 0 Å². The molecule has 0 aliphatic carbocycles. The van der Waals surface area contributed by atoms with Crippen molar-refractivity contribution in [1.29, 1.82) is 0 Å². The molecule has 0 fully saturated rings. The molecule has 0 aromatic rings. The summed E-state index contributed by atoms with van der Waals surface area (Å²) in [6.45, 7) is 0. The van der Waals surface area contributed by atoms with Crippen LogP contribution in [0.25, 0.3) is 0 Å². The molecule has 0 unspecified atom stereocenters. The summed E-state index contributed by atoms with van der Waals surface area (Å²) in [4.78, 5) is 9.00. The monoisotopic (exact) mass is 227 g/mol. The van der Waals surface area contributed by atoms with Crippen molar-refractivity contribution in [2.24, 2.45) is 0 Å². The molecular formula is CH2AsO2Pd. The first kappa shape index (κ1) is 9.19. The maximum atomic E-state index is 9.00. The van der Waals surface area contributed by atoms with E-state index in [0.717, 1.165) is 16.9 Å². The Morgan fingerprint density at radius 2 is 1.80 bits per heavy atom. The summed E-state index contributed by atoms with van der Waals surface area (Å²) in [6, 6.07) is 0. The zero-order chi connectivity index (χ0) is 3.58. The molecule has 1 radical (unpaired) electrons. The first-order chi connectivity index (χ1) is 1.73. The average molecular weight is 227 g/mol. The summed E-state index contributed by atoms with van der Waals surface area (Å²) in [5.41, 5.74) is 0. The largest absolute Gasteiger partial charge is 0 e. The normalized spacial score (nSPS) is 5.00. The maximum absolute atomic E-state index is 9.00. The van der Waals surface area contributed by atoms with Crippen LogP contribution in [0.2, 0.25) is 0 Å². The standard InChI is InChI=1S/CH2AsO2.Pd/c2-1(3)4;/h2H,(H,3,4);. The third-order valence-corrected chi connectivity index (χ3v) is 0. The van der Waals surface area contributed by atoms with Crippen LogP contribution >= 0.6 is 0 Å². The minimum atomic E-state index is -0.833. The van der Waals surface area contributed by atoms with Gasteiger partial charge in [-0.15, -0.1) is 0 Å². The van der Waals surface area contributed by atoms with Gasteiger partial charge in [0, 0.05) is 20.4 Å². The summed E-state index contributed by atoms with van der Waals surface area (Å²) in [6.07, 6.45) is 0. The Balaban J connectivity index is 0. The third-order valence-electron chi connectivity index (χ3n) is 0. The molecule has 0 atom stereocenters. The van der Waals surface area contributed by atoms with Crippen LogP contribution in [0.4, 0.5) is 4.79 Å². The van der Waals surface area contributed by atoms with Crippen molar-refractivity contribution in [3.05, 3.63) is 0 Å². The van der Waals surface area contributed by atoms with Crippen LogP contribution in [-0.2, 0) is 20.4 Å². The molecule has 0 amide bonds. The second kappa shape index (κ2) is 4.69. The molecule has 0 bridgehead atoms. The van der Waals surface area contributed by atoms with Crippen LogP contribution < -0.4 is 0 Å². The van der Waals surface area contributed by atoms with Gasteiger partial charge in [0.1, 0.15) is 0 Å². The molecule has 2 nitrogen and oxygen atoms in total. The molecule has 0 rings (SSSR count). The molecule has 0 spiro atoms. The maximum Gasteiger partial charge on any atom is 0 e. The molecule has 1 N–H and O–H groups in total. The van der Waals surface area contributed by atoms with Crippen molar-refractivity contribution in [1.82, 2.24) is 0 Å². The van der Waals surface area contributed by atoms with Gasteiger partial charge in [-0.1, -0.05) is 0 Å². The van der Waals surface area contributed by atoms with Gasteiger partial charge in [-0.05, 0) is 0 Å². The number of hydrogen-bond donors (Lipinski definition) is 1. The fourth-order valence-electron chi connectivity index (χ4n) is 0. The van der Waals surface area contributed by atoms with Gasteiger partial charge in [-0.3, -0.25) is 0 Å². The first-order valence-corrected chi connectivity index (χ1v) is 1.73. The number of hydrogen-bond acceptors (Lipinski definition) is 1. The first-order valence-electron chi connectivity index (χ1n) is 0.678. The van der Waals surface area contributed by atoms with E-state index < -0.39 is 4.76 Å². The SMILES string of the molecule is O=C(O)[AsH].[Pd]. The quantitative estimate of drug-likeness (QED) is 0.570. The topological polar surface area (TPSA) is 37.3 Å². The van der Waals surface area contributed by atoms with Crippen LogP contribution in [0.15, 0.2) is 0 Å².